The molecule has 1 aliphatic rings. The normalized spacial score (nSPS) is 16.8. The van der Waals surface area contributed by atoms with Crippen molar-refractivity contribution >= 4 is 21.8 Å². The van der Waals surface area contributed by atoms with Gasteiger partial charge in [-0.25, -0.2) is 4.98 Å². The lowest BCUT2D eigenvalue weighted by Crippen LogP contribution is -2.38. The maximum atomic E-state index is 12.2. The quantitative estimate of drug-likeness (QED) is 0.785. The van der Waals surface area contributed by atoms with E-state index in [0.29, 0.717) is 11.6 Å². The van der Waals surface area contributed by atoms with Gasteiger partial charge in [0.15, 0.2) is 0 Å². The van der Waals surface area contributed by atoms with Gasteiger partial charge in [-0.05, 0) is 40.9 Å². The maximum Gasteiger partial charge on any atom is 0.255 e. The summed E-state index contributed by atoms with van der Waals surface area (Å²) >= 11 is 3.27. The Labute approximate surface area is 110 Å². The SMILES string of the molecule is CN(C(=O)c1ccc(Br)nc1)C1CCCCC1. The maximum absolute atomic E-state index is 12.2. The molecule has 1 fully saturated rings. The van der Waals surface area contributed by atoms with Crippen LogP contribution >= 0.6 is 15.9 Å². The van der Waals surface area contributed by atoms with Gasteiger partial charge in [-0.2, -0.15) is 0 Å². The first kappa shape index (κ1) is 12.6. The lowest BCUT2D eigenvalue weighted by Gasteiger charge is -2.31. The van der Waals surface area contributed by atoms with Gasteiger partial charge in [-0.3, -0.25) is 4.79 Å². The van der Waals surface area contributed by atoms with Crippen LogP contribution in [0.3, 0.4) is 0 Å². The number of amides is 1. The lowest BCUT2D eigenvalue weighted by molar-refractivity contribution is 0.0696. The van der Waals surface area contributed by atoms with Crippen LogP contribution in [-0.4, -0.2) is 28.9 Å². The van der Waals surface area contributed by atoms with Gasteiger partial charge < -0.3 is 4.90 Å². The third-order valence-electron chi connectivity index (χ3n) is 3.42. The average Bonchev–Trinajstić information content (AvgIpc) is 2.39. The van der Waals surface area contributed by atoms with Gasteiger partial charge >= 0.3 is 0 Å². The first-order valence-electron chi connectivity index (χ1n) is 6.07. The van der Waals surface area contributed by atoms with E-state index in [-0.39, 0.29) is 5.91 Å². The zero-order valence-corrected chi connectivity index (χ0v) is 11.6. The van der Waals surface area contributed by atoms with E-state index in [1.807, 2.05) is 24.1 Å². The van der Waals surface area contributed by atoms with Crippen LogP contribution in [0.4, 0.5) is 0 Å². The number of pyridine rings is 1. The van der Waals surface area contributed by atoms with E-state index in [4.69, 9.17) is 0 Å². The molecule has 0 bridgehead atoms. The molecule has 0 saturated heterocycles. The molecule has 1 amide bonds. The highest BCUT2D eigenvalue weighted by Gasteiger charge is 2.22. The molecule has 4 heteroatoms. The molecule has 17 heavy (non-hydrogen) atoms. The molecule has 2 rings (SSSR count). The highest BCUT2D eigenvalue weighted by Crippen LogP contribution is 2.22. The summed E-state index contributed by atoms with van der Waals surface area (Å²) in [5.41, 5.74) is 0.668. The molecule has 0 unspecified atom stereocenters. The fraction of sp³-hybridized carbons (Fsp3) is 0.538. The second-order valence-electron chi connectivity index (χ2n) is 4.58. The summed E-state index contributed by atoms with van der Waals surface area (Å²) in [7, 11) is 1.90. The highest BCUT2D eigenvalue weighted by molar-refractivity contribution is 9.10. The molecule has 1 saturated carbocycles. The van der Waals surface area contributed by atoms with Crippen LogP contribution in [0.15, 0.2) is 22.9 Å². The zero-order valence-electron chi connectivity index (χ0n) is 10.0. The van der Waals surface area contributed by atoms with Crippen LogP contribution in [0.5, 0.6) is 0 Å². The summed E-state index contributed by atoms with van der Waals surface area (Å²) in [5, 5.41) is 0. The summed E-state index contributed by atoms with van der Waals surface area (Å²) in [5.74, 6) is 0.0805. The van der Waals surface area contributed by atoms with Crippen LogP contribution in [0.1, 0.15) is 42.5 Å². The van der Waals surface area contributed by atoms with Gasteiger partial charge in [0, 0.05) is 19.3 Å². The first-order valence-corrected chi connectivity index (χ1v) is 6.86. The van der Waals surface area contributed by atoms with Crippen LogP contribution in [0.2, 0.25) is 0 Å². The van der Waals surface area contributed by atoms with Gasteiger partial charge in [-0.1, -0.05) is 19.3 Å². The van der Waals surface area contributed by atoms with E-state index in [1.54, 1.807) is 6.20 Å². The number of nitrogens with zero attached hydrogens (tertiary/aromatic N) is 2. The van der Waals surface area contributed by atoms with Crippen molar-refractivity contribution in [3.05, 3.63) is 28.5 Å². The van der Waals surface area contributed by atoms with Crippen molar-refractivity contribution in [3.8, 4) is 0 Å². The zero-order chi connectivity index (χ0) is 12.3. The monoisotopic (exact) mass is 296 g/mol. The van der Waals surface area contributed by atoms with E-state index in [9.17, 15) is 4.79 Å². The number of halogens is 1. The molecule has 0 radical (unpaired) electrons. The van der Waals surface area contributed by atoms with E-state index >= 15 is 0 Å². The van der Waals surface area contributed by atoms with Crippen molar-refractivity contribution in [2.24, 2.45) is 0 Å². The topological polar surface area (TPSA) is 33.2 Å². The second kappa shape index (κ2) is 5.63. The Morgan fingerprint density at radius 1 is 1.35 bits per heavy atom. The Kier molecular flexibility index (Phi) is 4.15. The Hall–Kier alpha value is -0.900. The number of aromatic nitrogens is 1. The van der Waals surface area contributed by atoms with Crippen molar-refractivity contribution in [1.82, 2.24) is 9.88 Å². The van der Waals surface area contributed by atoms with E-state index in [2.05, 4.69) is 20.9 Å². The largest absolute Gasteiger partial charge is 0.339 e. The molecular weight excluding hydrogens is 280 g/mol. The van der Waals surface area contributed by atoms with Crippen LogP contribution in [-0.2, 0) is 0 Å². The van der Waals surface area contributed by atoms with Gasteiger partial charge in [0.05, 0.1) is 5.56 Å². The first-order chi connectivity index (χ1) is 8.18. The molecular formula is C13H17BrN2O. The number of hydrogen-bond acceptors (Lipinski definition) is 2. The van der Waals surface area contributed by atoms with Crippen molar-refractivity contribution < 1.29 is 4.79 Å². The minimum atomic E-state index is 0.0805. The van der Waals surface area contributed by atoms with Crippen molar-refractivity contribution in [2.75, 3.05) is 7.05 Å². The van der Waals surface area contributed by atoms with E-state index < -0.39 is 0 Å². The van der Waals surface area contributed by atoms with Gasteiger partial charge in [0.1, 0.15) is 4.60 Å². The summed E-state index contributed by atoms with van der Waals surface area (Å²) in [6, 6.07) is 4.03. The Bertz CT molecular complexity index is 385. The molecule has 92 valence electrons. The number of rotatable bonds is 2. The summed E-state index contributed by atoms with van der Waals surface area (Å²) in [6.07, 6.45) is 7.67. The smallest absolute Gasteiger partial charge is 0.255 e. The average molecular weight is 297 g/mol. The fourth-order valence-corrected chi connectivity index (χ4v) is 2.57. The molecule has 0 N–H and O–H groups in total. The van der Waals surface area contributed by atoms with Gasteiger partial charge in [-0.15, -0.1) is 0 Å². The fourth-order valence-electron chi connectivity index (χ4n) is 2.34. The molecule has 3 nitrogen and oxygen atoms in total. The summed E-state index contributed by atoms with van der Waals surface area (Å²) in [4.78, 5) is 18.2. The van der Waals surface area contributed by atoms with Crippen molar-refractivity contribution in [2.45, 2.75) is 38.1 Å². The Morgan fingerprint density at radius 3 is 2.65 bits per heavy atom. The third kappa shape index (κ3) is 3.06. The molecule has 0 spiro atoms. The minimum absolute atomic E-state index is 0.0805. The van der Waals surface area contributed by atoms with E-state index in [1.165, 1.54) is 19.3 Å². The predicted octanol–water partition coefficient (Wildman–Crippen LogP) is 3.25. The molecule has 1 aromatic heterocycles. The highest BCUT2D eigenvalue weighted by atomic mass is 79.9. The van der Waals surface area contributed by atoms with Crippen LogP contribution in [0, 0.1) is 0 Å². The standard InChI is InChI=1S/C13H17BrN2O/c1-16(11-5-3-2-4-6-11)13(17)10-7-8-12(14)15-9-10/h7-9,11H,2-6H2,1H3. The van der Waals surface area contributed by atoms with E-state index in [0.717, 1.165) is 17.4 Å². The molecule has 0 aromatic carbocycles. The van der Waals surface area contributed by atoms with Gasteiger partial charge in [0.25, 0.3) is 5.91 Å². The lowest BCUT2D eigenvalue weighted by atomic mass is 9.94. The molecule has 0 atom stereocenters. The molecule has 0 aliphatic heterocycles. The Morgan fingerprint density at radius 2 is 2.06 bits per heavy atom. The second-order valence-corrected chi connectivity index (χ2v) is 5.39. The van der Waals surface area contributed by atoms with Crippen LogP contribution < -0.4 is 0 Å². The van der Waals surface area contributed by atoms with Crippen molar-refractivity contribution in [1.29, 1.82) is 0 Å². The summed E-state index contributed by atoms with van der Waals surface area (Å²) in [6.45, 7) is 0. The minimum Gasteiger partial charge on any atom is -0.339 e. The van der Waals surface area contributed by atoms with Crippen molar-refractivity contribution in [3.63, 3.8) is 0 Å². The van der Waals surface area contributed by atoms with Crippen LogP contribution in [0.25, 0.3) is 0 Å². The molecule has 1 aliphatic carbocycles. The summed E-state index contributed by atoms with van der Waals surface area (Å²) < 4.78 is 0.759. The third-order valence-corrected chi connectivity index (χ3v) is 3.89. The number of hydrogen-bond donors (Lipinski definition) is 0. The number of carbonyl (C=O) groups is 1. The Balaban J connectivity index is 2.05. The number of carbonyl (C=O) groups excluding carboxylic acids is 1. The molecule has 1 heterocycles. The predicted molar refractivity (Wildman–Crippen MR) is 70.9 cm³/mol. The van der Waals surface area contributed by atoms with Gasteiger partial charge in [0.2, 0.25) is 0 Å². The molecule has 1 aromatic rings.